The number of piperazine rings is 1. The summed E-state index contributed by atoms with van der Waals surface area (Å²) < 4.78 is 41.0. The lowest BCUT2D eigenvalue weighted by Gasteiger charge is -2.37. The van der Waals surface area contributed by atoms with E-state index in [4.69, 9.17) is 0 Å². The Balaban J connectivity index is 1.29. The van der Waals surface area contributed by atoms with Gasteiger partial charge in [0.2, 0.25) is 0 Å². The van der Waals surface area contributed by atoms with E-state index in [1.807, 2.05) is 6.07 Å². The molecule has 0 saturated carbocycles. The molecule has 2 aliphatic heterocycles. The van der Waals surface area contributed by atoms with Gasteiger partial charge in [-0.25, -0.2) is 13.2 Å². The van der Waals surface area contributed by atoms with Crippen molar-refractivity contribution < 1.29 is 18.0 Å². The highest BCUT2D eigenvalue weighted by Gasteiger charge is 2.38. The first-order valence-electron chi connectivity index (χ1n) is 12.0. The maximum Gasteiger partial charge on any atom is 0.253 e. The highest BCUT2D eigenvalue weighted by atomic mass is 19.1. The zero-order chi connectivity index (χ0) is 24.4. The molecule has 0 aliphatic carbocycles. The number of halogens is 3. The highest BCUT2D eigenvalue weighted by molar-refractivity contribution is 5.94. The van der Waals surface area contributed by atoms with E-state index in [1.54, 1.807) is 41.3 Å². The quantitative estimate of drug-likeness (QED) is 0.527. The molecule has 2 atom stereocenters. The number of nitrogens with zero attached hydrogens (tertiary/aromatic N) is 3. The molecule has 0 unspecified atom stereocenters. The lowest BCUT2D eigenvalue weighted by molar-refractivity contribution is 0.0782. The summed E-state index contributed by atoms with van der Waals surface area (Å²) >= 11 is 0. The maximum atomic E-state index is 14.0. The van der Waals surface area contributed by atoms with Gasteiger partial charge in [0.1, 0.15) is 17.5 Å². The Morgan fingerprint density at radius 1 is 0.771 bits per heavy atom. The van der Waals surface area contributed by atoms with Crippen LogP contribution in [0.1, 0.15) is 21.8 Å². The van der Waals surface area contributed by atoms with Crippen LogP contribution in [0.15, 0.2) is 72.8 Å². The lowest BCUT2D eigenvalue weighted by atomic mass is 9.88. The summed E-state index contributed by atoms with van der Waals surface area (Å²) in [5.41, 5.74) is 2.22. The Morgan fingerprint density at radius 2 is 1.46 bits per heavy atom. The smallest absolute Gasteiger partial charge is 0.253 e. The van der Waals surface area contributed by atoms with E-state index in [0.29, 0.717) is 18.7 Å². The summed E-state index contributed by atoms with van der Waals surface area (Å²) in [6.45, 7) is 5.14. The van der Waals surface area contributed by atoms with Gasteiger partial charge in [0, 0.05) is 63.0 Å². The lowest BCUT2D eigenvalue weighted by Crippen LogP contribution is -2.48. The molecule has 2 saturated heterocycles. The van der Waals surface area contributed by atoms with E-state index in [0.717, 1.165) is 44.0 Å². The van der Waals surface area contributed by atoms with Crippen molar-refractivity contribution >= 4 is 11.6 Å². The molecule has 35 heavy (non-hydrogen) atoms. The zero-order valence-corrected chi connectivity index (χ0v) is 19.4. The molecule has 0 bridgehead atoms. The first kappa shape index (κ1) is 23.4. The van der Waals surface area contributed by atoms with Crippen LogP contribution in [0.5, 0.6) is 0 Å². The molecule has 7 heteroatoms. The predicted octanol–water partition coefficient (Wildman–Crippen LogP) is 4.78. The summed E-state index contributed by atoms with van der Waals surface area (Å²) in [7, 11) is 0. The maximum absolute atomic E-state index is 14.0. The summed E-state index contributed by atoms with van der Waals surface area (Å²) in [6, 6.07) is 18.9. The van der Waals surface area contributed by atoms with Gasteiger partial charge >= 0.3 is 0 Å². The van der Waals surface area contributed by atoms with Crippen molar-refractivity contribution in [3.63, 3.8) is 0 Å². The second-order valence-electron chi connectivity index (χ2n) is 9.41. The molecule has 5 rings (SSSR count). The predicted molar refractivity (Wildman–Crippen MR) is 130 cm³/mol. The number of hydrogen-bond acceptors (Lipinski definition) is 3. The van der Waals surface area contributed by atoms with Gasteiger partial charge in [0.15, 0.2) is 0 Å². The number of hydrogen-bond donors (Lipinski definition) is 0. The molecule has 3 aromatic carbocycles. The standard InChI is InChI=1S/C28H28F3N3O/c29-23-7-9-26(10-8-23)33-13-11-32(12-14-33)17-22-18-34(28(35)21-4-2-6-25(31)16-21)19-27(22)20-3-1-5-24(30)15-20/h1-10,15-16,22,27H,11-14,17-19H2/t22-,27-/m1/s1. The third kappa shape index (κ3) is 5.35. The molecular weight excluding hydrogens is 451 g/mol. The number of rotatable bonds is 5. The van der Waals surface area contributed by atoms with Gasteiger partial charge in [0.05, 0.1) is 0 Å². The molecule has 3 aromatic rings. The van der Waals surface area contributed by atoms with Gasteiger partial charge in [0.25, 0.3) is 5.91 Å². The van der Waals surface area contributed by atoms with Crippen molar-refractivity contribution in [2.45, 2.75) is 5.92 Å². The Kier molecular flexibility index (Phi) is 6.77. The highest BCUT2D eigenvalue weighted by Crippen LogP contribution is 2.35. The fourth-order valence-electron chi connectivity index (χ4n) is 5.31. The third-order valence-electron chi connectivity index (χ3n) is 7.13. The average molecular weight is 480 g/mol. The SMILES string of the molecule is O=C(c1cccc(F)c1)N1C[C@@H](CN2CCN(c3ccc(F)cc3)CC2)[C@@H](c2cccc(F)c2)C1. The summed E-state index contributed by atoms with van der Waals surface area (Å²) in [4.78, 5) is 19.5. The third-order valence-corrected chi connectivity index (χ3v) is 7.13. The van der Waals surface area contributed by atoms with E-state index < -0.39 is 5.82 Å². The van der Waals surface area contributed by atoms with Crippen molar-refractivity contribution in [3.8, 4) is 0 Å². The zero-order valence-electron chi connectivity index (χ0n) is 19.4. The van der Waals surface area contributed by atoms with E-state index in [1.165, 1.54) is 30.3 Å². The molecule has 2 heterocycles. The molecule has 0 spiro atoms. The van der Waals surface area contributed by atoms with Crippen LogP contribution in [0.3, 0.4) is 0 Å². The van der Waals surface area contributed by atoms with Crippen LogP contribution < -0.4 is 4.90 Å². The number of carbonyl (C=O) groups is 1. The minimum Gasteiger partial charge on any atom is -0.369 e. The molecule has 0 N–H and O–H groups in total. The van der Waals surface area contributed by atoms with Crippen molar-refractivity contribution in [1.29, 1.82) is 0 Å². The van der Waals surface area contributed by atoms with Gasteiger partial charge in [-0.3, -0.25) is 9.69 Å². The molecule has 0 aromatic heterocycles. The van der Waals surface area contributed by atoms with Gasteiger partial charge in [-0.05, 0) is 66.1 Å². The van der Waals surface area contributed by atoms with Crippen LogP contribution in [0.25, 0.3) is 0 Å². The van der Waals surface area contributed by atoms with Gasteiger partial charge in [-0.1, -0.05) is 18.2 Å². The molecule has 4 nitrogen and oxygen atoms in total. The van der Waals surface area contributed by atoms with Crippen LogP contribution >= 0.6 is 0 Å². The Bertz CT molecular complexity index is 1180. The second kappa shape index (κ2) is 10.1. The van der Waals surface area contributed by atoms with Crippen LogP contribution in [0.2, 0.25) is 0 Å². The average Bonchev–Trinajstić information content (AvgIpc) is 3.28. The summed E-state index contributed by atoms with van der Waals surface area (Å²) in [6.07, 6.45) is 0. The fourth-order valence-corrected chi connectivity index (χ4v) is 5.31. The van der Waals surface area contributed by atoms with E-state index in [-0.39, 0.29) is 29.4 Å². The molecule has 0 radical (unpaired) electrons. The monoisotopic (exact) mass is 479 g/mol. The largest absolute Gasteiger partial charge is 0.369 e. The number of anilines is 1. The Labute approximate surface area is 203 Å². The summed E-state index contributed by atoms with van der Waals surface area (Å²) in [5.74, 6) is -1.04. The van der Waals surface area contributed by atoms with Crippen molar-refractivity contribution in [2.75, 3.05) is 50.7 Å². The van der Waals surface area contributed by atoms with Gasteiger partial charge in [-0.2, -0.15) is 0 Å². The molecular formula is C28H28F3N3O. The topological polar surface area (TPSA) is 26.8 Å². The minimum absolute atomic E-state index is 0.00154. The van der Waals surface area contributed by atoms with Crippen LogP contribution in [-0.4, -0.2) is 61.5 Å². The number of carbonyl (C=O) groups excluding carboxylic acids is 1. The fraction of sp³-hybridized carbons (Fsp3) is 0.321. The number of benzene rings is 3. The van der Waals surface area contributed by atoms with E-state index in [9.17, 15) is 18.0 Å². The number of amides is 1. The van der Waals surface area contributed by atoms with Crippen LogP contribution in [0, 0.1) is 23.4 Å². The van der Waals surface area contributed by atoms with Crippen molar-refractivity contribution in [2.24, 2.45) is 5.92 Å². The first-order valence-corrected chi connectivity index (χ1v) is 12.0. The summed E-state index contributed by atoms with van der Waals surface area (Å²) in [5, 5.41) is 0. The van der Waals surface area contributed by atoms with Gasteiger partial charge < -0.3 is 9.80 Å². The Morgan fingerprint density at radius 3 is 2.14 bits per heavy atom. The normalized spacial score (nSPS) is 20.9. The molecule has 2 fully saturated rings. The van der Waals surface area contributed by atoms with E-state index >= 15 is 0 Å². The van der Waals surface area contributed by atoms with Gasteiger partial charge in [-0.15, -0.1) is 0 Å². The second-order valence-corrected chi connectivity index (χ2v) is 9.41. The minimum atomic E-state index is -0.438. The number of likely N-dealkylation sites (tertiary alicyclic amines) is 1. The van der Waals surface area contributed by atoms with Crippen LogP contribution in [0.4, 0.5) is 18.9 Å². The first-order chi connectivity index (χ1) is 17.0. The Hall–Kier alpha value is -3.32. The molecule has 2 aliphatic rings. The molecule has 182 valence electrons. The molecule has 1 amide bonds. The van der Waals surface area contributed by atoms with Crippen molar-refractivity contribution in [1.82, 2.24) is 9.80 Å². The van der Waals surface area contributed by atoms with Crippen molar-refractivity contribution in [3.05, 3.63) is 101 Å². The van der Waals surface area contributed by atoms with E-state index in [2.05, 4.69) is 9.80 Å². The van der Waals surface area contributed by atoms with Crippen LogP contribution in [-0.2, 0) is 0 Å².